The van der Waals surface area contributed by atoms with Gasteiger partial charge in [-0.15, -0.1) is 0 Å². The number of nitro groups is 1. The average molecular weight is 315 g/mol. The van der Waals surface area contributed by atoms with Crippen LogP contribution in [0.25, 0.3) is 0 Å². The Balaban J connectivity index is 2.16. The lowest BCUT2D eigenvalue weighted by Gasteiger charge is -2.12. The average Bonchev–Trinajstić information content (AvgIpc) is 2.54. The highest BCUT2D eigenvalue weighted by Gasteiger charge is 2.17. The number of nitrogens with zero attached hydrogens (tertiary/aromatic N) is 1. The van der Waals surface area contributed by atoms with Gasteiger partial charge in [0.05, 0.1) is 23.2 Å². The van der Waals surface area contributed by atoms with Crippen molar-refractivity contribution < 1.29 is 19.2 Å². The van der Waals surface area contributed by atoms with Crippen molar-refractivity contribution in [3.05, 3.63) is 68.8 Å². The number of hydrogen-bond acceptors (Lipinski definition) is 5. The van der Waals surface area contributed by atoms with Gasteiger partial charge in [-0.2, -0.15) is 0 Å². The molecule has 0 aromatic heterocycles. The molecule has 6 heteroatoms. The van der Waals surface area contributed by atoms with Gasteiger partial charge >= 0.3 is 5.97 Å². The zero-order valence-corrected chi connectivity index (χ0v) is 13.2. The fourth-order valence-corrected chi connectivity index (χ4v) is 2.25. The molecule has 23 heavy (non-hydrogen) atoms. The summed E-state index contributed by atoms with van der Waals surface area (Å²) in [6.07, 6.45) is 0. The van der Waals surface area contributed by atoms with Crippen molar-refractivity contribution in [2.24, 2.45) is 0 Å². The summed E-state index contributed by atoms with van der Waals surface area (Å²) in [5, 5.41) is 11.0. The summed E-state index contributed by atoms with van der Waals surface area (Å²) in [6, 6.07) is 9.96. The fraction of sp³-hybridized carbons (Fsp3) is 0.235. The van der Waals surface area contributed by atoms with Gasteiger partial charge in [-0.25, -0.2) is 4.79 Å². The summed E-state index contributed by atoms with van der Waals surface area (Å²) in [6.45, 7) is 3.76. The zero-order chi connectivity index (χ0) is 17.0. The molecule has 0 saturated heterocycles. The molecule has 2 aromatic carbocycles. The van der Waals surface area contributed by atoms with E-state index in [1.807, 2.05) is 6.92 Å². The normalized spacial score (nSPS) is 10.2. The van der Waals surface area contributed by atoms with Gasteiger partial charge in [-0.05, 0) is 43.2 Å². The standard InChI is InChI=1S/C17H17NO5/c1-11-4-9-15(18(20)21)12(2)16(11)23-10-13-5-7-14(8-6-13)17(19)22-3/h4-9H,10H2,1-3H3. The molecule has 2 rings (SSSR count). The van der Waals surface area contributed by atoms with Crippen molar-refractivity contribution in [1.29, 1.82) is 0 Å². The number of rotatable bonds is 5. The highest BCUT2D eigenvalue weighted by molar-refractivity contribution is 5.89. The van der Waals surface area contributed by atoms with E-state index in [2.05, 4.69) is 4.74 Å². The Morgan fingerprint density at radius 1 is 1.13 bits per heavy atom. The Labute approximate surface area is 133 Å². The second-order valence-corrected chi connectivity index (χ2v) is 5.09. The molecule has 0 radical (unpaired) electrons. The third-order valence-corrected chi connectivity index (χ3v) is 3.53. The first-order valence-corrected chi connectivity index (χ1v) is 6.98. The minimum Gasteiger partial charge on any atom is -0.488 e. The summed E-state index contributed by atoms with van der Waals surface area (Å²) < 4.78 is 10.4. The highest BCUT2D eigenvalue weighted by Crippen LogP contribution is 2.31. The molecule has 0 heterocycles. The summed E-state index contributed by atoms with van der Waals surface area (Å²) in [5.74, 6) is 0.110. The third kappa shape index (κ3) is 3.66. The first-order valence-electron chi connectivity index (χ1n) is 6.98. The molecule has 6 nitrogen and oxygen atoms in total. The number of carbonyl (C=O) groups is 1. The van der Waals surface area contributed by atoms with E-state index in [1.165, 1.54) is 13.2 Å². The molecule has 2 aromatic rings. The van der Waals surface area contributed by atoms with E-state index in [1.54, 1.807) is 37.3 Å². The quantitative estimate of drug-likeness (QED) is 0.479. The van der Waals surface area contributed by atoms with Crippen LogP contribution in [0.5, 0.6) is 5.75 Å². The van der Waals surface area contributed by atoms with Gasteiger partial charge in [0.15, 0.2) is 0 Å². The lowest BCUT2D eigenvalue weighted by molar-refractivity contribution is -0.385. The predicted octanol–water partition coefficient (Wildman–Crippen LogP) is 3.58. The van der Waals surface area contributed by atoms with E-state index in [0.29, 0.717) is 16.9 Å². The van der Waals surface area contributed by atoms with Crippen molar-refractivity contribution in [2.75, 3.05) is 7.11 Å². The van der Waals surface area contributed by atoms with Gasteiger partial charge in [0.2, 0.25) is 0 Å². The topological polar surface area (TPSA) is 78.7 Å². The number of hydrogen-bond donors (Lipinski definition) is 0. The SMILES string of the molecule is COC(=O)c1ccc(COc2c(C)ccc([N+](=O)[O-])c2C)cc1. The van der Waals surface area contributed by atoms with Crippen LogP contribution < -0.4 is 4.74 Å². The lowest BCUT2D eigenvalue weighted by Crippen LogP contribution is -2.03. The van der Waals surface area contributed by atoms with Gasteiger partial charge in [-0.3, -0.25) is 10.1 Å². The van der Waals surface area contributed by atoms with Crippen LogP contribution in [0, 0.1) is 24.0 Å². The molecule has 0 atom stereocenters. The lowest BCUT2D eigenvalue weighted by atomic mass is 10.1. The van der Waals surface area contributed by atoms with Crippen molar-refractivity contribution in [1.82, 2.24) is 0 Å². The van der Waals surface area contributed by atoms with Gasteiger partial charge in [0.1, 0.15) is 12.4 Å². The van der Waals surface area contributed by atoms with Crippen LogP contribution in [0.15, 0.2) is 36.4 Å². The van der Waals surface area contributed by atoms with E-state index in [4.69, 9.17) is 4.74 Å². The number of nitro benzene ring substituents is 1. The molecule has 0 saturated carbocycles. The van der Waals surface area contributed by atoms with Crippen LogP contribution in [0.2, 0.25) is 0 Å². The number of benzene rings is 2. The second-order valence-electron chi connectivity index (χ2n) is 5.09. The van der Waals surface area contributed by atoms with Crippen LogP contribution in [0.3, 0.4) is 0 Å². The number of ether oxygens (including phenoxy) is 2. The highest BCUT2D eigenvalue weighted by atomic mass is 16.6. The zero-order valence-electron chi connectivity index (χ0n) is 13.2. The van der Waals surface area contributed by atoms with Crippen LogP contribution in [0.4, 0.5) is 5.69 Å². The molecule has 0 spiro atoms. The number of aryl methyl sites for hydroxylation is 1. The Hall–Kier alpha value is -2.89. The maximum Gasteiger partial charge on any atom is 0.337 e. The third-order valence-electron chi connectivity index (χ3n) is 3.53. The Morgan fingerprint density at radius 2 is 1.78 bits per heavy atom. The first-order chi connectivity index (χ1) is 10.9. The molecule has 0 aliphatic heterocycles. The molecule has 0 aliphatic rings. The van der Waals surface area contributed by atoms with Crippen molar-refractivity contribution in [2.45, 2.75) is 20.5 Å². The van der Waals surface area contributed by atoms with Gasteiger partial charge in [-0.1, -0.05) is 12.1 Å². The predicted molar refractivity (Wildman–Crippen MR) is 84.7 cm³/mol. The van der Waals surface area contributed by atoms with Crippen LogP contribution >= 0.6 is 0 Å². The van der Waals surface area contributed by atoms with Crippen LogP contribution in [-0.2, 0) is 11.3 Å². The first kappa shape index (κ1) is 16.5. The largest absolute Gasteiger partial charge is 0.488 e. The summed E-state index contributed by atoms with van der Waals surface area (Å²) in [4.78, 5) is 21.9. The van der Waals surface area contributed by atoms with E-state index >= 15 is 0 Å². The van der Waals surface area contributed by atoms with Crippen LogP contribution in [-0.4, -0.2) is 18.0 Å². The van der Waals surface area contributed by atoms with Crippen molar-refractivity contribution in [3.8, 4) is 5.75 Å². The minimum absolute atomic E-state index is 0.0339. The number of methoxy groups -OCH3 is 1. The maximum absolute atomic E-state index is 11.4. The van der Waals surface area contributed by atoms with Gasteiger partial charge in [0, 0.05) is 6.07 Å². The molecule has 0 N–H and O–H groups in total. The maximum atomic E-state index is 11.4. The molecule has 0 fully saturated rings. The smallest absolute Gasteiger partial charge is 0.337 e. The van der Waals surface area contributed by atoms with E-state index in [9.17, 15) is 14.9 Å². The number of esters is 1. The van der Waals surface area contributed by atoms with Gasteiger partial charge in [0.25, 0.3) is 5.69 Å². The molecule has 0 amide bonds. The summed E-state index contributed by atoms with van der Waals surface area (Å²) in [7, 11) is 1.33. The second kappa shape index (κ2) is 6.91. The van der Waals surface area contributed by atoms with Crippen molar-refractivity contribution >= 4 is 11.7 Å². The van der Waals surface area contributed by atoms with Crippen LogP contribution in [0.1, 0.15) is 27.0 Å². The molecular weight excluding hydrogens is 298 g/mol. The Kier molecular flexibility index (Phi) is 4.95. The molecule has 0 bridgehead atoms. The van der Waals surface area contributed by atoms with E-state index in [0.717, 1.165) is 11.1 Å². The van der Waals surface area contributed by atoms with Crippen molar-refractivity contribution in [3.63, 3.8) is 0 Å². The minimum atomic E-state index is -0.424. The monoisotopic (exact) mass is 315 g/mol. The molecular formula is C17H17NO5. The van der Waals surface area contributed by atoms with E-state index < -0.39 is 10.9 Å². The summed E-state index contributed by atoms with van der Waals surface area (Å²) in [5.41, 5.74) is 2.68. The molecule has 0 unspecified atom stereocenters. The summed E-state index contributed by atoms with van der Waals surface area (Å²) >= 11 is 0. The number of carbonyl (C=O) groups excluding carboxylic acids is 1. The van der Waals surface area contributed by atoms with Gasteiger partial charge < -0.3 is 9.47 Å². The molecule has 0 aliphatic carbocycles. The van der Waals surface area contributed by atoms with E-state index in [-0.39, 0.29) is 12.3 Å². The fourth-order valence-electron chi connectivity index (χ4n) is 2.25. The molecule has 120 valence electrons. The Bertz CT molecular complexity index is 737. The Morgan fingerprint density at radius 3 is 2.35 bits per heavy atom.